The van der Waals surface area contributed by atoms with Gasteiger partial charge in [0.15, 0.2) is 0 Å². The number of halogens is 1. The average molecular weight is 338 g/mol. The molecule has 1 aromatic carbocycles. The van der Waals surface area contributed by atoms with E-state index in [1.165, 1.54) is 12.1 Å². The highest BCUT2D eigenvalue weighted by molar-refractivity contribution is 9.10. The van der Waals surface area contributed by atoms with Gasteiger partial charge in [-0.3, -0.25) is 15.0 Å². The van der Waals surface area contributed by atoms with Crippen LogP contribution in [0.25, 0.3) is 0 Å². The van der Waals surface area contributed by atoms with E-state index in [1.807, 2.05) is 0 Å². The van der Waals surface area contributed by atoms with Crippen molar-refractivity contribution in [2.45, 2.75) is 18.9 Å². The number of nitrogens with one attached hydrogen (secondary N) is 1. The minimum Gasteiger partial charge on any atom is -0.381 e. The van der Waals surface area contributed by atoms with E-state index in [0.717, 1.165) is 36.1 Å². The number of non-ortho nitro benzene ring substituents is 1. The Labute approximate surface area is 126 Å². The average Bonchev–Trinajstić information content (AvgIpc) is 2.43. The van der Waals surface area contributed by atoms with Gasteiger partial charge < -0.3 is 5.32 Å². The van der Waals surface area contributed by atoms with Gasteiger partial charge >= 0.3 is 0 Å². The first-order chi connectivity index (χ1) is 9.60. The normalized spacial score (nSPS) is 16.6. The third kappa shape index (κ3) is 3.71. The van der Waals surface area contributed by atoms with Crippen LogP contribution in [0.3, 0.4) is 0 Å². The molecule has 106 valence electrons. The fourth-order valence-electron chi connectivity index (χ4n) is 2.32. The Morgan fingerprint density at radius 3 is 2.75 bits per heavy atom. The van der Waals surface area contributed by atoms with Crippen molar-refractivity contribution in [2.24, 2.45) is 0 Å². The van der Waals surface area contributed by atoms with Crippen LogP contribution in [0.2, 0.25) is 0 Å². The smallest absolute Gasteiger partial charge is 0.270 e. The fourth-order valence-corrected chi connectivity index (χ4v) is 2.80. The molecule has 5 nitrogen and oxygen atoms in total. The lowest BCUT2D eigenvalue weighted by molar-refractivity contribution is -0.384. The molecule has 1 aromatic rings. The maximum Gasteiger partial charge on any atom is 0.270 e. The van der Waals surface area contributed by atoms with Crippen LogP contribution in [0.1, 0.15) is 12.8 Å². The number of likely N-dealkylation sites (tertiary alicyclic amines) is 1. The molecular formula is C14H16BrN3O2. The van der Waals surface area contributed by atoms with E-state index >= 15 is 0 Å². The van der Waals surface area contributed by atoms with E-state index in [-0.39, 0.29) is 5.69 Å². The van der Waals surface area contributed by atoms with Crippen LogP contribution < -0.4 is 5.32 Å². The van der Waals surface area contributed by atoms with Crippen LogP contribution in [0.4, 0.5) is 11.4 Å². The first-order valence-electron chi connectivity index (χ1n) is 6.46. The zero-order chi connectivity index (χ0) is 14.5. The predicted molar refractivity (Wildman–Crippen MR) is 82.7 cm³/mol. The molecule has 0 aromatic heterocycles. The van der Waals surface area contributed by atoms with E-state index in [0.29, 0.717) is 12.6 Å². The van der Waals surface area contributed by atoms with Gasteiger partial charge in [0.1, 0.15) is 0 Å². The van der Waals surface area contributed by atoms with Gasteiger partial charge in [0, 0.05) is 41.4 Å². The van der Waals surface area contributed by atoms with Crippen molar-refractivity contribution >= 4 is 27.3 Å². The molecule has 6 heteroatoms. The molecule has 0 aliphatic carbocycles. The summed E-state index contributed by atoms with van der Waals surface area (Å²) in [7, 11) is 0. The molecule has 0 spiro atoms. The van der Waals surface area contributed by atoms with Gasteiger partial charge in [0.05, 0.1) is 11.5 Å². The molecule has 2 rings (SSSR count). The Morgan fingerprint density at radius 1 is 1.50 bits per heavy atom. The highest BCUT2D eigenvalue weighted by Crippen LogP contribution is 2.28. The van der Waals surface area contributed by atoms with Crippen LogP contribution in [-0.4, -0.2) is 35.5 Å². The van der Waals surface area contributed by atoms with E-state index in [1.54, 1.807) is 6.07 Å². The molecule has 0 amide bonds. The molecule has 1 fully saturated rings. The lowest BCUT2D eigenvalue weighted by Gasteiger charge is -2.31. The minimum atomic E-state index is -0.396. The van der Waals surface area contributed by atoms with Crippen molar-refractivity contribution in [3.63, 3.8) is 0 Å². The summed E-state index contributed by atoms with van der Waals surface area (Å²) in [5, 5.41) is 14.1. The summed E-state index contributed by atoms with van der Waals surface area (Å²) < 4.78 is 0.720. The summed E-state index contributed by atoms with van der Waals surface area (Å²) in [5.74, 6) is 2.66. The Kier molecular flexibility index (Phi) is 4.99. The van der Waals surface area contributed by atoms with Crippen LogP contribution in [0.15, 0.2) is 22.7 Å². The number of hydrogen-bond donors (Lipinski definition) is 1. The monoisotopic (exact) mass is 337 g/mol. The number of anilines is 1. The number of nitro groups is 1. The molecule has 1 heterocycles. The first-order valence-corrected chi connectivity index (χ1v) is 7.25. The van der Waals surface area contributed by atoms with Gasteiger partial charge in [0.25, 0.3) is 5.69 Å². The van der Waals surface area contributed by atoms with Gasteiger partial charge in [-0.15, -0.1) is 6.42 Å². The quantitative estimate of drug-likeness (QED) is 0.521. The van der Waals surface area contributed by atoms with Crippen LogP contribution in [0.5, 0.6) is 0 Å². The molecule has 1 N–H and O–H groups in total. The van der Waals surface area contributed by atoms with Crippen molar-refractivity contribution in [2.75, 3.05) is 25.0 Å². The number of rotatable bonds is 4. The second-order valence-corrected chi connectivity index (χ2v) is 5.67. The van der Waals surface area contributed by atoms with Crippen molar-refractivity contribution in [3.8, 4) is 12.3 Å². The summed E-state index contributed by atoms with van der Waals surface area (Å²) in [6, 6.07) is 5.16. The Bertz CT molecular complexity index is 534. The zero-order valence-electron chi connectivity index (χ0n) is 11.0. The summed E-state index contributed by atoms with van der Waals surface area (Å²) in [4.78, 5) is 12.6. The molecule has 1 saturated heterocycles. The zero-order valence-corrected chi connectivity index (χ0v) is 12.6. The molecule has 0 bridgehead atoms. The van der Waals surface area contributed by atoms with Gasteiger partial charge in [-0.05, 0) is 34.8 Å². The third-order valence-electron chi connectivity index (χ3n) is 3.43. The Balaban J connectivity index is 1.95. The molecule has 0 unspecified atom stereocenters. The maximum atomic E-state index is 10.7. The molecular weight excluding hydrogens is 322 g/mol. The topological polar surface area (TPSA) is 58.4 Å². The Hall–Kier alpha value is -1.58. The van der Waals surface area contributed by atoms with Crippen molar-refractivity contribution < 1.29 is 4.92 Å². The van der Waals surface area contributed by atoms with Crippen LogP contribution in [0, 0.1) is 22.5 Å². The predicted octanol–water partition coefficient (Wildman–Crippen LogP) is 2.87. The summed E-state index contributed by atoms with van der Waals surface area (Å²) in [6.45, 7) is 2.66. The van der Waals surface area contributed by atoms with E-state index < -0.39 is 4.92 Å². The number of hydrogen-bond acceptors (Lipinski definition) is 4. The van der Waals surface area contributed by atoms with Crippen molar-refractivity contribution in [1.29, 1.82) is 0 Å². The largest absolute Gasteiger partial charge is 0.381 e. The van der Waals surface area contributed by atoms with Crippen molar-refractivity contribution in [3.05, 3.63) is 32.8 Å². The molecule has 0 saturated carbocycles. The maximum absolute atomic E-state index is 10.7. The third-order valence-corrected chi connectivity index (χ3v) is 4.08. The van der Waals surface area contributed by atoms with Gasteiger partial charge in [-0.25, -0.2) is 0 Å². The Morgan fingerprint density at radius 2 is 2.20 bits per heavy atom. The SMILES string of the molecule is C#CCN1CCC(Nc2ccc([N+](=O)[O-])cc2Br)CC1. The van der Waals surface area contributed by atoms with Crippen LogP contribution in [-0.2, 0) is 0 Å². The lowest BCUT2D eigenvalue weighted by Crippen LogP contribution is -2.39. The summed E-state index contributed by atoms with van der Waals surface area (Å²) in [6.07, 6.45) is 7.35. The van der Waals surface area contributed by atoms with Crippen LogP contribution >= 0.6 is 15.9 Å². The van der Waals surface area contributed by atoms with Gasteiger partial charge in [0.2, 0.25) is 0 Å². The van der Waals surface area contributed by atoms with E-state index in [2.05, 4.69) is 32.1 Å². The summed E-state index contributed by atoms with van der Waals surface area (Å²) >= 11 is 3.38. The number of nitrogens with zero attached hydrogens (tertiary/aromatic N) is 2. The van der Waals surface area contributed by atoms with E-state index in [9.17, 15) is 10.1 Å². The number of nitro benzene ring substituents is 1. The molecule has 0 radical (unpaired) electrons. The lowest BCUT2D eigenvalue weighted by atomic mass is 10.0. The molecule has 1 aliphatic heterocycles. The minimum absolute atomic E-state index is 0.0891. The number of benzene rings is 1. The highest BCUT2D eigenvalue weighted by Gasteiger charge is 2.19. The standard InChI is InChI=1S/C14H16BrN3O2/c1-2-7-17-8-5-11(6-9-17)16-14-4-3-12(18(19)20)10-13(14)15/h1,3-4,10-11,16H,5-9H2. The second kappa shape index (κ2) is 6.73. The summed E-state index contributed by atoms with van der Waals surface area (Å²) in [5.41, 5.74) is 0.984. The molecule has 0 atom stereocenters. The van der Waals surface area contributed by atoms with Crippen molar-refractivity contribution in [1.82, 2.24) is 4.90 Å². The molecule has 20 heavy (non-hydrogen) atoms. The molecule has 1 aliphatic rings. The second-order valence-electron chi connectivity index (χ2n) is 4.82. The number of piperidine rings is 1. The number of terminal acetylenes is 1. The van der Waals surface area contributed by atoms with Gasteiger partial charge in [-0.1, -0.05) is 5.92 Å². The van der Waals surface area contributed by atoms with E-state index in [4.69, 9.17) is 6.42 Å². The fraction of sp³-hybridized carbons (Fsp3) is 0.429. The first kappa shape index (κ1) is 14.8. The highest BCUT2D eigenvalue weighted by atomic mass is 79.9. The van der Waals surface area contributed by atoms with Gasteiger partial charge in [-0.2, -0.15) is 0 Å².